The standard InChI is InChI=1S/C31H38ClF3N2O6/c1-19(2)22-8-6-20(3)23-15-26(42-27(38)9-7-21-16-37(5)18-36-21)29(4)10-11-30(43-29,41-17-31(33,34)35)25(14-24(22)23)28(39)40-13-12-32/h6-7,9-11,14,16,18-19,22-24,26H,8,12-13,15,17H2,1-5H3/b9-7+,25-14-/t22-,23+,24-,26+,29+,30-/m1/s1. The number of nitrogens with zero attached hydrogens (tertiary/aromatic N) is 2. The first kappa shape index (κ1) is 33.0. The topological polar surface area (TPSA) is 88.9 Å². The fourth-order valence-corrected chi connectivity index (χ4v) is 6.15. The van der Waals surface area contributed by atoms with Gasteiger partial charge in [0.1, 0.15) is 24.9 Å². The Morgan fingerprint density at radius 3 is 2.67 bits per heavy atom. The lowest BCUT2D eigenvalue weighted by Crippen LogP contribution is -2.49. The van der Waals surface area contributed by atoms with E-state index in [1.165, 1.54) is 24.3 Å². The maximum Gasteiger partial charge on any atom is 0.411 e. The van der Waals surface area contributed by atoms with Gasteiger partial charge in [0.2, 0.25) is 5.79 Å². The lowest BCUT2D eigenvalue weighted by atomic mass is 9.65. The number of alkyl halides is 4. The zero-order valence-electron chi connectivity index (χ0n) is 24.9. The monoisotopic (exact) mass is 626 g/mol. The highest BCUT2D eigenvalue weighted by Gasteiger charge is 2.56. The van der Waals surface area contributed by atoms with E-state index < -0.39 is 42.2 Å². The summed E-state index contributed by atoms with van der Waals surface area (Å²) in [6.45, 7) is 5.84. The summed E-state index contributed by atoms with van der Waals surface area (Å²) < 4.78 is 65.4. The molecule has 2 bridgehead atoms. The van der Waals surface area contributed by atoms with Crippen LogP contribution in [0.5, 0.6) is 0 Å². The Balaban J connectivity index is 1.81. The van der Waals surface area contributed by atoms with Crippen molar-refractivity contribution < 1.29 is 41.7 Å². The number of aryl methyl sites for hydroxylation is 1. The molecule has 1 aromatic rings. The molecule has 1 aromatic heterocycles. The van der Waals surface area contributed by atoms with Gasteiger partial charge < -0.3 is 23.5 Å². The number of fused-ring (bicyclic) bond motifs is 3. The zero-order valence-corrected chi connectivity index (χ0v) is 25.7. The molecular weight excluding hydrogens is 589 g/mol. The molecule has 43 heavy (non-hydrogen) atoms. The molecular formula is C31H38ClF3N2O6. The number of imidazole rings is 1. The quantitative estimate of drug-likeness (QED) is 0.145. The molecule has 0 unspecified atom stereocenters. The lowest BCUT2D eigenvalue weighted by Gasteiger charge is -2.41. The van der Waals surface area contributed by atoms with Crippen LogP contribution in [0.25, 0.3) is 6.08 Å². The molecule has 0 aromatic carbocycles. The van der Waals surface area contributed by atoms with Crippen molar-refractivity contribution in [3.05, 3.63) is 59.7 Å². The fourth-order valence-electron chi connectivity index (χ4n) is 6.07. The normalized spacial score (nSPS) is 32.0. The van der Waals surface area contributed by atoms with E-state index in [0.29, 0.717) is 12.1 Å². The highest BCUT2D eigenvalue weighted by molar-refractivity contribution is 6.18. The third-order valence-corrected chi connectivity index (χ3v) is 8.47. The second-order valence-corrected chi connectivity index (χ2v) is 12.2. The summed E-state index contributed by atoms with van der Waals surface area (Å²) in [5.74, 6) is -4.16. The van der Waals surface area contributed by atoms with E-state index in [0.717, 1.165) is 5.57 Å². The molecule has 1 aliphatic carbocycles. The second kappa shape index (κ2) is 13.0. The van der Waals surface area contributed by atoms with E-state index in [1.54, 1.807) is 37.1 Å². The van der Waals surface area contributed by atoms with Gasteiger partial charge >= 0.3 is 18.1 Å². The predicted molar refractivity (Wildman–Crippen MR) is 154 cm³/mol. The van der Waals surface area contributed by atoms with Crippen molar-refractivity contribution in [1.29, 1.82) is 0 Å². The Bertz CT molecular complexity index is 1320. The summed E-state index contributed by atoms with van der Waals surface area (Å²) in [4.78, 5) is 30.8. The van der Waals surface area contributed by atoms with Gasteiger partial charge in [-0.1, -0.05) is 31.6 Å². The molecule has 0 saturated heterocycles. The molecule has 236 valence electrons. The van der Waals surface area contributed by atoms with E-state index in [4.69, 9.17) is 30.5 Å². The van der Waals surface area contributed by atoms with Crippen molar-refractivity contribution in [3.63, 3.8) is 0 Å². The van der Waals surface area contributed by atoms with Gasteiger partial charge in [0, 0.05) is 19.3 Å². The van der Waals surface area contributed by atoms with Crippen LogP contribution in [0.2, 0.25) is 0 Å². The number of allylic oxidation sites excluding steroid dienone is 3. The van der Waals surface area contributed by atoms with Gasteiger partial charge in [0.25, 0.3) is 0 Å². The molecule has 3 aliphatic rings. The number of aromatic nitrogens is 2. The summed E-state index contributed by atoms with van der Waals surface area (Å²) in [6.07, 6.45) is 7.96. The molecule has 8 nitrogen and oxygen atoms in total. The van der Waals surface area contributed by atoms with Gasteiger partial charge in [-0.25, -0.2) is 14.6 Å². The second-order valence-electron chi connectivity index (χ2n) is 11.8. The Morgan fingerprint density at radius 1 is 1.30 bits per heavy atom. The minimum Gasteiger partial charge on any atom is -0.461 e. The molecule has 12 heteroatoms. The van der Waals surface area contributed by atoms with E-state index in [9.17, 15) is 22.8 Å². The molecule has 3 heterocycles. The van der Waals surface area contributed by atoms with Crippen LogP contribution in [-0.2, 0) is 35.6 Å². The first-order chi connectivity index (χ1) is 20.2. The van der Waals surface area contributed by atoms with E-state index in [1.807, 2.05) is 6.92 Å². The number of hydrogen-bond acceptors (Lipinski definition) is 7. The summed E-state index contributed by atoms with van der Waals surface area (Å²) in [6, 6.07) is 0. The summed E-state index contributed by atoms with van der Waals surface area (Å²) in [5.41, 5.74) is -0.0789. The number of ether oxygens (including phenoxy) is 4. The van der Waals surface area contributed by atoms with Crippen LogP contribution in [0, 0.1) is 23.7 Å². The highest BCUT2D eigenvalue weighted by atomic mass is 35.5. The molecule has 0 saturated carbocycles. The van der Waals surface area contributed by atoms with Crippen LogP contribution < -0.4 is 0 Å². The molecule has 0 fully saturated rings. The first-order valence-corrected chi connectivity index (χ1v) is 14.8. The van der Waals surface area contributed by atoms with Gasteiger partial charge in [-0.15, -0.1) is 11.6 Å². The van der Waals surface area contributed by atoms with E-state index >= 15 is 0 Å². The maximum absolute atomic E-state index is 13.5. The summed E-state index contributed by atoms with van der Waals surface area (Å²) >= 11 is 5.76. The Labute approximate surface area is 254 Å². The number of esters is 2. The number of carbonyl (C=O) groups excluding carboxylic acids is 2. The van der Waals surface area contributed by atoms with Gasteiger partial charge in [0.15, 0.2) is 0 Å². The van der Waals surface area contributed by atoms with Crippen molar-refractivity contribution in [2.24, 2.45) is 30.7 Å². The van der Waals surface area contributed by atoms with Gasteiger partial charge in [-0.05, 0) is 68.6 Å². The number of carbonyl (C=O) groups is 2. The zero-order chi connectivity index (χ0) is 31.6. The minimum atomic E-state index is -4.72. The average molecular weight is 627 g/mol. The Hall–Kier alpha value is -2.89. The van der Waals surface area contributed by atoms with E-state index in [-0.39, 0.29) is 48.2 Å². The lowest BCUT2D eigenvalue weighted by molar-refractivity contribution is -0.274. The average Bonchev–Trinajstić information content (AvgIpc) is 3.52. The number of hydrogen-bond donors (Lipinski definition) is 0. The highest BCUT2D eigenvalue weighted by Crippen LogP contribution is 2.50. The predicted octanol–water partition coefficient (Wildman–Crippen LogP) is 5.93. The molecule has 0 spiro atoms. The van der Waals surface area contributed by atoms with Crippen LogP contribution >= 0.6 is 11.6 Å². The third kappa shape index (κ3) is 7.61. The van der Waals surface area contributed by atoms with Crippen molar-refractivity contribution in [2.75, 3.05) is 19.1 Å². The van der Waals surface area contributed by atoms with Crippen molar-refractivity contribution in [3.8, 4) is 0 Å². The number of rotatable bonds is 9. The minimum absolute atomic E-state index is 0.00357. The smallest absolute Gasteiger partial charge is 0.411 e. The van der Waals surface area contributed by atoms with Crippen molar-refractivity contribution >= 4 is 29.6 Å². The fraction of sp³-hybridized carbons (Fsp3) is 0.581. The van der Waals surface area contributed by atoms with Crippen LogP contribution in [0.1, 0.15) is 46.2 Å². The maximum atomic E-state index is 13.5. The molecule has 4 rings (SSSR count). The summed E-state index contributed by atoms with van der Waals surface area (Å²) in [7, 11) is 1.80. The van der Waals surface area contributed by atoms with Gasteiger partial charge in [0.05, 0.1) is 23.5 Å². The van der Waals surface area contributed by atoms with Crippen LogP contribution in [0.3, 0.4) is 0 Å². The van der Waals surface area contributed by atoms with Crippen LogP contribution in [-0.4, -0.2) is 64.3 Å². The largest absolute Gasteiger partial charge is 0.461 e. The molecule has 0 amide bonds. The molecule has 6 atom stereocenters. The molecule has 0 radical (unpaired) electrons. The van der Waals surface area contributed by atoms with Crippen LogP contribution in [0.4, 0.5) is 13.2 Å². The van der Waals surface area contributed by atoms with Crippen molar-refractivity contribution in [2.45, 2.75) is 64.2 Å². The number of halogens is 4. The Morgan fingerprint density at radius 2 is 2.05 bits per heavy atom. The van der Waals surface area contributed by atoms with Crippen molar-refractivity contribution in [1.82, 2.24) is 9.55 Å². The third-order valence-electron chi connectivity index (χ3n) is 8.31. The van der Waals surface area contributed by atoms with Gasteiger partial charge in [-0.2, -0.15) is 13.2 Å². The summed E-state index contributed by atoms with van der Waals surface area (Å²) in [5, 5.41) is 0. The van der Waals surface area contributed by atoms with Crippen LogP contribution in [0.15, 0.2) is 54.1 Å². The SMILES string of the molecule is CC1=CC[C@H](C(C)C)[C@H]2/C=C(/C(=O)OCCCl)[C@@]3(OCC(F)(F)F)C=C[C@](C)(O3)[C@@H](OC(=O)/C=C/c3cn(C)cn3)C[C@@H]12. The molecule has 2 aliphatic heterocycles. The van der Waals surface area contributed by atoms with Gasteiger partial charge in [-0.3, -0.25) is 0 Å². The Kier molecular flexibility index (Phi) is 9.98. The first-order valence-electron chi connectivity index (χ1n) is 14.3. The van der Waals surface area contributed by atoms with E-state index in [2.05, 4.69) is 24.9 Å². The molecule has 0 N–H and O–H groups in total.